The molecule has 0 saturated carbocycles. The Balaban J connectivity index is 1.46. The molecule has 2 N–H and O–H groups in total. The fourth-order valence-electron chi connectivity index (χ4n) is 4.03. The molecule has 0 atom stereocenters. The van der Waals surface area contributed by atoms with Gasteiger partial charge in [0.15, 0.2) is 0 Å². The molecule has 1 aromatic heterocycles. The molecule has 0 aliphatic carbocycles. The number of aromatic nitrogens is 1. The Morgan fingerprint density at radius 1 is 1.19 bits per heavy atom. The third kappa shape index (κ3) is 6.57. The second-order valence-electron chi connectivity index (χ2n) is 9.41. The highest BCUT2D eigenvalue weighted by Crippen LogP contribution is 2.22. The van der Waals surface area contributed by atoms with Crippen molar-refractivity contribution < 1.29 is 14.3 Å². The number of benzene rings is 1. The van der Waals surface area contributed by atoms with Gasteiger partial charge >= 0.3 is 6.09 Å². The van der Waals surface area contributed by atoms with E-state index >= 15 is 0 Å². The van der Waals surface area contributed by atoms with E-state index in [1.54, 1.807) is 6.07 Å². The van der Waals surface area contributed by atoms with Crippen LogP contribution in [-0.2, 0) is 16.0 Å². The number of aryl methyl sites for hydroxylation is 1. The van der Waals surface area contributed by atoms with Gasteiger partial charge in [0.2, 0.25) is 11.5 Å². The number of likely N-dealkylation sites (tertiary alicyclic amines) is 1. The minimum absolute atomic E-state index is 0.113. The fourth-order valence-corrected chi connectivity index (χ4v) is 4.03. The molecular formula is C24H33N3O4. The van der Waals surface area contributed by atoms with Crippen LogP contribution in [0.4, 0.5) is 4.79 Å². The van der Waals surface area contributed by atoms with Gasteiger partial charge in [-0.2, -0.15) is 0 Å². The third-order valence-electron chi connectivity index (χ3n) is 5.66. The van der Waals surface area contributed by atoms with Crippen molar-refractivity contribution in [3.8, 4) is 0 Å². The van der Waals surface area contributed by atoms with Crippen LogP contribution < -0.4 is 10.9 Å². The number of nitrogens with zero attached hydrogens (tertiary/aromatic N) is 1. The average molecular weight is 428 g/mol. The molecule has 0 spiro atoms. The molecule has 1 aromatic carbocycles. The molecule has 2 amide bonds. The van der Waals surface area contributed by atoms with E-state index in [1.807, 2.05) is 50.8 Å². The van der Waals surface area contributed by atoms with E-state index in [2.05, 4.69) is 10.3 Å². The Labute approximate surface area is 183 Å². The van der Waals surface area contributed by atoms with Crippen molar-refractivity contribution >= 4 is 22.9 Å². The molecule has 2 aromatic rings. The first-order valence-electron chi connectivity index (χ1n) is 11.0. The number of H-pyrrole nitrogens is 1. The molecular weight excluding hydrogens is 394 g/mol. The van der Waals surface area contributed by atoms with Crippen molar-refractivity contribution in [2.75, 3.05) is 19.6 Å². The maximum atomic E-state index is 12.8. The summed E-state index contributed by atoms with van der Waals surface area (Å²) in [7, 11) is 0. The van der Waals surface area contributed by atoms with Gasteiger partial charge in [0.1, 0.15) is 5.60 Å². The lowest BCUT2D eigenvalue weighted by atomic mass is 9.93. The predicted octanol–water partition coefficient (Wildman–Crippen LogP) is 3.53. The standard InChI is InChI=1S/C24H33N3O4/c1-16-13-21(28)26-20-6-5-18(14-19(16)20)15-22(29)27-11-8-17(9-12-27)7-10-25-23(30)31-24(2,3)4/h5-6,13-14,17H,7-12,15H2,1-4H3,(H,25,30)(H,26,28). The molecule has 7 nitrogen and oxygen atoms in total. The lowest BCUT2D eigenvalue weighted by Crippen LogP contribution is -2.40. The molecule has 1 fully saturated rings. The van der Waals surface area contributed by atoms with E-state index in [4.69, 9.17) is 4.74 Å². The Hall–Kier alpha value is -2.83. The second-order valence-corrected chi connectivity index (χ2v) is 9.41. The first-order valence-corrected chi connectivity index (χ1v) is 11.0. The lowest BCUT2D eigenvalue weighted by molar-refractivity contribution is -0.131. The number of nitrogens with one attached hydrogen (secondary N) is 2. The van der Waals surface area contributed by atoms with Crippen LogP contribution >= 0.6 is 0 Å². The minimum atomic E-state index is -0.489. The first-order chi connectivity index (χ1) is 14.6. The smallest absolute Gasteiger partial charge is 0.407 e. The zero-order valence-electron chi connectivity index (χ0n) is 18.9. The van der Waals surface area contributed by atoms with Crippen LogP contribution in [0.2, 0.25) is 0 Å². The van der Waals surface area contributed by atoms with Crippen LogP contribution in [0.15, 0.2) is 29.1 Å². The highest BCUT2D eigenvalue weighted by atomic mass is 16.6. The number of aromatic amines is 1. The summed E-state index contributed by atoms with van der Waals surface area (Å²) >= 11 is 0. The van der Waals surface area contributed by atoms with E-state index in [0.717, 1.165) is 54.4 Å². The van der Waals surface area contributed by atoms with Crippen molar-refractivity contribution in [1.82, 2.24) is 15.2 Å². The van der Waals surface area contributed by atoms with Crippen LogP contribution in [-0.4, -0.2) is 47.1 Å². The minimum Gasteiger partial charge on any atom is -0.444 e. The van der Waals surface area contributed by atoms with Crippen molar-refractivity contribution in [3.63, 3.8) is 0 Å². The number of alkyl carbamates (subject to hydrolysis) is 1. The van der Waals surface area contributed by atoms with Gasteiger partial charge in [0.25, 0.3) is 0 Å². The maximum Gasteiger partial charge on any atom is 0.407 e. The van der Waals surface area contributed by atoms with Gasteiger partial charge < -0.3 is 19.9 Å². The quantitative estimate of drug-likeness (QED) is 0.764. The molecule has 7 heteroatoms. The number of carbonyl (C=O) groups excluding carboxylic acids is 2. The van der Waals surface area contributed by atoms with Gasteiger partial charge in [0, 0.05) is 36.6 Å². The van der Waals surface area contributed by atoms with Gasteiger partial charge in [-0.3, -0.25) is 9.59 Å². The Kier molecular flexibility index (Phi) is 7.03. The number of hydrogen-bond donors (Lipinski definition) is 2. The van der Waals surface area contributed by atoms with Gasteiger partial charge in [-0.15, -0.1) is 0 Å². The number of rotatable bonds is 5. The number of fused-ring (bicyclic) bond motifs is 1. The second kappa shape index (κ2) is 9.54. The number of piperidine rings is 1. The van der Waals surface area contributed by atoms with Crippen LogP contribution in [0.5, 0.6) is 0 Å². The van der Waals surface area contributed by atoms with E-state index < -0.39 is 5.60 Å². The molecule has 0 bridgehead atoms. The van der Waals surface area contributed by atoms with Crippen LogP contribution in [0.3, 0.4) is 0 Å². The maximum absolute atomic E-state index is 12.8. The number of amides is 2. The summed E-state index contributed by atoms with van der Waals surface area (Å²) in [6.45, 7) is 9.53. The third-order valence-corrected chi connectivity index (χ3v) is 5.66. The number of hydrogen-bond acceptors (Lipinski definition) is 4. The average Bonchev–Trinajstić information content (AvgIpc) is 2.67. The predicted molar refractivity (Wildman–Crippen MR) is 121 cm³/mol. The van der Waals surface area contributed by atoms with Gasteiger partial charge in [-0.1, -0.05) is 6.07 Å². The van der Waals surface area contributed by atoms with Crippen molar-refractivity contribution in [1.29, 1.82) is 0 Å². The van der Waals surface area contributed by atoms with Crippen LogP contribution in [0.1, 0.15) is 51.2 Å². The summed E-state index contributed by atoms with van der Waals surface area (Å²) in [6, 6.07) is 7.35. The number of carbonyl (C=O) groups is 2. The van der Waals surface area contributed by atoms with E-state index in [0.29, 0.717) is 18.9 Å². The fraction of sp³-hybridized carbons (Fsp3) is 0.542. The van der Waals surface area contributed by atoms with Gasteiger partial charge in [-0.05, 0) is 76.1 Å². The molecule has 168 valence electrons. The van der Waals surface area contributed by atoms with Crippen LogP contribution in [0.25, 0.3) is 10.9 Å². The van der Waals surface area contributed by atoms with Crippen molar-refractivity contribution in [2.24, 2.45) is 5.92 Å². The molecule has 0 radical (unpaired) electrons. The molecule has 31 heavy (non-hydrogen) atoms. The zero-order valence-corrected chi connectivity index (χ0v) is 18.9. The molecule has 2 heterocycles. The number of pyridine rings is 1. The SMILES string of the molecule is Cc1cc(=O)[nH]c2ccc(CC(=O)N3CCC(CCNC(=O)OC(C)(C)C)CC3)cc12. The molecule has 0 unspecified atom stereocenters. The zero-order chi connectivity index (χ0) is 22.6. The number of ether oxygens (including phenoxy) is 1. The van der Waals surface area contributed by atoms with Crippen molar-refractivity contribution in [2.45, 2.75) is 59.0 Å². The lowest BCUT2D eigenvalue weighted by Gasteiger charge is -2.32. The monoisotopic (exact) mass is 427 g/mol. The summed E-state index contributed by atoms with van der Waals surface area (Å²) in [4.78, 5) is 40.9. The Morgan fingerprint density at radius 2 is 1.90 bits per heavy atom. The normalized spacial score (nSPS) is 15.2. The van der Waals surface area contributed by atoms with Gasteiger partial charge in [0.05, 0.1) is 6.42 Å². The Morgan fingerprint density at radius 3 is 2.58 bits per heavy atom. The summed E-state index contributed by atoms with van der Waals surface area (Å²) in [5.74, 6) is 0.630. The van der Waals surface area contributed by atoms with E-state index in [-0.39, 0.29) is 17.6 Å². The topological polar surface area (TPSA) is 91.5 Å². The molecule has 1 aliphatic heterocycles. The molecule has 1 aliphatic rings. The van der Waals surface area contributed by atoms with Gasteiger partial charge in [-0.25, -0.2) is 4.79 Å². The first kappa shape index (κ1) is 22.8. The summed E-state index contributed by atoms with van der Waals surface area (Å²) in [6.07, 6.45) is 2.76. The Bertz CT molecular complexity index is 998. The summed E-state index contributed by atoms with van der Waals surface area (Å²) in [5.41, 5.74) is 2.06. The molecule has 3 rings (SSSR count). The summed E-state index contributed by atoms with van der Waals surface area (Å²) in [5, 5.41) is 3.79. The van der Waals surface area contributed by atoms with Crippen LogP contribution in [0, 0.1) is 12.8 Å². The summed E-state index contributed by atoms with van der Waals surface area (Å²) < 4.78 is 5.25. The van der Waals surface area contributed by atoms with E-state index in [9.17, 15) is 14.4 Å². The van der Waals surface area contributed by atoms with Crippen molar-refractivity contribution in [3.05, 3.63) is 45.7 Å². The molecule has 1 saturated heterocycles. The van der Waals surface area contributed by atoms with E-state index in [1.165, 1.54) is 0 Å². The highest BCUT2D eigenvalue weighted by Gasteiger charge is 2.23. The largest absolute Gasteiger partial charge is 0.444 e. The highest BCUT2D eigenvalue weighted by molar-refractivity contribution is 5.85.